The average Bonchev–Trinajstić information content (AvgIpc) is 2.18. The van der Waals surface area contributed by atoms with Gasteiger partial charge in [0.1, 0.15) is 0 Å². The summed E-state index contributed by atoms with van der Waals surface area (Å²) in [6.45, 7) is 9.65. The van der Waals surface area contributed by atoms with Gasteiger partial charge in [0.25, 0.3) is 0 Å². The Hall–Kier alpha value is -1.02. The molecule has 1 nitrogen and oxygen atoms in total. The van der Waals surface area contributed by atoms with Gasteiger partial charge < -0.3 is 0 Å². The van der Waals surface area contributed by atoms with Crippen molar-refractivity contribution >= 4 is 16.7 Å². The third-order valence-corrected chi connectivity index (χ3v) is 2.40. The molecule has 0 saturated heterocycles. The predicted octanol–water partition coefficient (Wildman–Crippen LogP) is 3.49. The van der Waals surface area contributed by atoms with Crippen LogP contribution >= 0.6 is 11.8 Å². The van der Waals surface area contributed by atoms with Gasteiger partial charge >= 0.3 is 0 Å². The van der Waals surface area contributed by atoms with Crippen molar-refractivity contribution in [2.75, 3.05) is 0 Å². The third kappa shape index (κ3) is 2.74. The van der Waals surface area contributed by atoms with Gasteiger partial charge in [-0.05, 0) is 23.5 Å². The smallest absolute Gasteiger partial charge is 0.0762 e. The van der Waals surface area contributed by atoms with Crippen LogP contribution < -0.4 is 0 Å². The van der Waals surface area contributed by atoms with Crippen molar-refractivity contribution in [2.45, 2.75) is 13.3 Å². The summed E-state index contributed by atoms with van der Waals surface area (Å²) in [5.74, 6) is 0. The molecule has 0 saturated carbocycles. The van der Waals surface area contributed by atoms with Crippen LogP contribution in [-0.4, -0.2) is 4.98 Å². The Bertz CT molecular complexity index is 300. The lowest BCUT2D eigenvalue weighted by atomic mass is 10.2. The van der Waals surface area contributed by atoms with Crippen LogP contribution in [0, 0.1) is 0 Å². The molecule has 0 atom stereocenters. The normalized spacial score (nSPS) is 9.62. The van der Waals surface area contributed by atoms with E-state index in [1.807, 2.05) is 12.3 Å². The van der Waals surface area contributed by atoms with E-state index < -0.39 is 0 Å². The van der Waals surface area contributed by atoms with Crippen LogP contribution in [0.2, 0.25) is 0 Å². The van der Waals surface area contributed by atoms with E-state index in [4.69, 9.17) is 0 Å². The van der Waals surface area contributed by atoms with Gasteiger partial charge in [0.15, 0.2) is 0 Å². The van der Waals surface area contributed by atoms with Crippen LogP contribution in [-0.2, 0) is 6.42 Å². The van der Waals surface area contributed by atoms with E-state index in [0.717, 1.165) is 17.0 Å². The van der Waals surface area contributed by atoms with Gasteiger partial charge in [0.2, 0.25) is 0 Å². The van der Waals surface area contributed by atoms with E-state index in [1.54, 1.807) is 5.41 Å². The molecular formula is C11H13NS. The van der Waals surface area contributed by atoms with Crippen LogP contribution in [0.4, 0.5) is 0 Å². The van der Waals surface area contributed by atoms with Gasteiger partial charge in [-0.1, -0.05) is 37.9 Å². The van der Waals surface area contributed by atoms with Crippen LogP contribution in [0.15, 0.2) is 36.9 Å². The van der Waals surface area contributed by atoms with Crippen molar-refractivity contribution < 1.29 is 0 Å². The van der Waals surface area contributed by atoms with Crippen LogP contribution in [0.3, 0.4) is 0 Å². The lowest BCUT2D eigenvalue weighted by molar-refractivity contribution is 1.10. The van der Waals surface area contributed by atoms with Crippen LogP contribution in [0.1, 0.15) is 18.2 Å². The van der Waals surface area contributed by atoms with Crippen molar-refractivity contribution in [2.24, 2.45) is 0 Å². The Labute approximate surface area is 83.6 Å². The van der Waals surface area contributed by atoms with Crippen LogP contribution in [0.25, 0.3) is 4.91 Å². The van der Waals surface area contributed by atoms with E-state index in [9.17, 15) is 0 Å². The van der Waals surface area contributed by atoms with Crippen molar-refractivity contribution in [3.8, 4) is 0 Å². The molecule has 0 aromatic carbocycles. The van der Waals surface area contributed by atoms with Gasteiger partial charge in [-0.25, -0.2) is 0 Å². The zero-order valence-electron chi connectivity index (χ0n) is 7.79. The molecule has 0 spiro atoms. The number of aromatic nitrogens is 1. The molecule has 0 amide bonds. The molecule has 68 valence electrons. The number of nitrogens with zero attached hydrogens (tertiary/aromatic N) is 1. The second-order valence-corrected chi connectivity index (χ2v) is 3.67. The van der Waals surface area contributed by atoms with Gasteiger partial charge in [-0.2, -0.15) is 0 Å². The van der Waals surface area contributed by atoms with Gasteiger partial charge in [0, 0.05) is 11.1 Å². The Balaban J connectivity index is 2.79. The fourth-order valence-corrected chi connectivity index (χ4v) is 1.40. The van der Waals surface area contributed by atoms with Crippen molar-refractivity contribution in [1.29, 1.82) is 0 Å². The maximum absolute atomic E-state index is 4.30. The summed E-state index contributed by atoms with van der Waals surface area (Å²) in [6, 6.07) is 4.08. The highest BCUT2D eigenvalue weighted by Crippen LogP contribution is 2.23. The highest BCUT2D eigenvalue weighted by atomic mass is 32.2. The zero-order valence-corrected chi connectivity index (χ0v) is 8.60. The molecule has 13 heavy (non-hydrogen) atoms. The van der Waals surface area contributed by atoms with E-state index in [2.05, 4.69) is 31.1 Å². The summed E-state index contributed by atoms with van der Waals surface area (Å²) in [7, 11) is 0. The number of aryl methyl sites for hydroxylation is 1. The van der Waals surface area contributed by atoms with Gasteiger partial charge in [-0.15, -0.1) is 0 Å². The lowest BCUT2D eigenvalue weighted by Crippen LogP contribution is -1.87. The molecule has 0 unspecified atom stereocenters. The SMILES string of the molecule is C=CSC(=C)c1ccc(CC)cn1. The van der Waals surface area contributed by atoms with Crippen LogP contribution in [0.5, 0.6) is 0 Å². The van der Waals surface area contributed by atoms with Gasteiger partial charge in [-0.3, -0.25) is 4.98 Å². The predicted molar refractivity (Wildman–Crippen MR) is 60.4 cm³/mol. The molecule has 0 aliphatic rings. The summed E-state index contributed by atoms with van der Waals surface area (Å²) in [4.78, 5) is 5.24. The highest BCUT2D eigenvalue weighted by molar-refractivity contribution is 8.10. The van der Waals surface area contributed by atoms with Gasteiger partial charge in [0.05, 0.1) is 5.69 Å². The molecular weight excluding hydrogens is 178 g/mol. The minimum Gasteiger partial charge on any atom is -0.255 e. The Morgan fingerprint density at radius 1 is 1.62 bits per heavy atom. The number of hydrogen-bond acceptors (Lipinski definition) is 2. The molecule has 0 bridgehead atoms. The first kappa shape index (κ1) is 10.1. The molecule has 1 rings (SSSR count). The molecule has 1 aromatic rings. The molecule has 0 fully saturated rings. The van der Waals surface area contributed by atoms with Crippen molar-refractivity contribution in [3.05, 3.63) is 48.2 Å². The number of rotatable bonds is 4. The molecule has 1 heterocycles. The second-order valence-electron chi connectivity index (χ2n) is 2.61. The number of hydrogen-bond donors (Lipinski definition) is 0. The summed E-state index contributed by atoms with van der Waals surface area (Å²) in [5, 5.41) is 1.76. The maximum Gasteiger partial charge on any atom is 0.0762 e. The summed E-state index contributed by atoms with van der Waals surface area (Å²) in [5.41, 5.74) is 2.18. The topological polar surface area (TPSA) is 12.9 Å². The molecule has 0 aliphatic heterocycles. The first-order valence-corrected chi connectivity index (χ1v) is 5.07. The molecule has 1 aromatic heterocycles. The Kier molecular flexibility index (Phi) is 3.77. The van der Waals surface area contributed by atoms with E-state index in [0.29, 0.717) is 0 Å². The summed E-state index contributed by atoms with van der Waals surface area (Å²) < 4.78 is 0. The number of thioether (sulfide) groups is 1. The van der Waals surface area contributed by atoms with E-state index in [1.165, 1.54) is 17.3 Å². The second kappa shape index (κ2) is 4.87. The maximum atomic E-state index is 4.30. The quantitative estimate of drug-likeness (QED) is 0.722. The number of pyridine rings is 1. The zero-order chi connectivity index (χ0) is 9.68. The standard InChI is InChI=1S/C11H13NS/c1-4-10-6-7-11(12-8-10)9(3)13-5-2/h5-8H,2-4H2,1H3. The first-order chi connectivity index (χ1) is 6.27. The molecule has 0 radical (unpaired) electrons. The third-order valence-electron chi connectivity index (χ3n) is 1.74. The minimum absolute atomic E-state index is 0.933. The fourth-order valence-electron chi connectivity index (χ4n) is 0.960. The molecule has 2 heteroatoms. The molecule has 0 N–H and O–H groups in total. The average molecular weight is 191 g/mol. The monoisotopic (exact) mass is 191 g/mol. The minimum atomic E-state index is 0.933. The Morgan fingerprint density at radius 2 is 2.38 bits per heavy atom. The van der Waals surface area contributed by atoms with Crippen molar-refractivity contribution in [1.82, 2.24) is 4.98 Å². The van der Waals surface area contributed by atoms with E-state index in [-0.39, 0.29) is 0 Å². The Morgan fingerprint density at radius 3 is 2.85 bits per heavy atom. The van der Waals surface area contributed by atoms with Crippen molar-refractivity contribution in [3.63, 3.8) is 0 Å². The molecule has 0 aliphatic carbocycles. The van der Waals surface area contributed by atoms with E-state index >= 15 is 0 Å². The first-order valence-electron chi connectivity index (χ1n) is 4.19. The summed E-state index contributed by atoms with van der Waals surface area (Å²) in [6.07, 6.45) is 2.92. The fraction of sp³-hybridized carbons (Fsp3) is 0.182. The lowest BCUT2D eigenvalue weighted by Gasteiger charge is -2.01. The highest BCUT2D eigenvalue weighted by Gasteiger charge is 1.98. The largest absolute Gasteiger partial charge is 0.255 e. The summed E-state index contributed by atoms with van der Waals surface area (Å²) >= 11 is 1.50.